The first-order chi connectivity index (χ1) is 10.1. The van der Waals surface area contributed by atoms with E-state index in [-0.39, 0.29) is 12.1 Å². The molecule has 2 aromatic heterocycles. The van der Waals surface area contributed by atoms with Gasteiger partial charge in [-0.25, -0.2) is 9.37 Å². The molecule has 0 aliphatic carbocycles. The summed E-state index contributed by atoms with van der Waals surface area (Å²) >= 11 is 4.84. The average Bonchev–Trinajstić information content (AvgIpc) is 2.88. The fraction of sp³-hybridized carbons (Fsp3) is 0.200. The van der Waals surface area contributed by atoms with E-state index in [2.05, 4.69) is 20.9 Å². The van der Waals surface area contributed by atoms with Crippen LogP contribution in [0.25, 0.3) is 21.3 Å². The van der Waals surface area contributed by atoms with Crippen molar-refractivity contribution in [3.8, 4) is 11.1 Å². The number of rotatable bonds is 3. The largest absolute Gasteiger partial charge is 0.294 e. The van der Waals surface area contributed by atoms with E-state index in [1.54, 1.807) is 6.92 Å². The number of alkyl halides is 1. The maximum atomic E-state index is 12.6. The Kier molecular flexibility index (Phi) is 3.91. The molecular weight excluding hydrogens is 355 g/mol. The molecule has 0 atom stereocenters. The van der Waals surface area contributed by atoms with E-state index in [0.717, 1.165) is 15.6 Å². The van der Waals surface area contributed by atoms with Gasteiger partial charge in [-0.1, -0.05) is 28.1 Å². The van der Waals surface area contributed by atoms with Crippen molar-refractivity contribution >= 4 is 37.5 Å². The van der Waals surface area contributed by atoms with Crippen LogP contribution in [0.2, 0.25) is 0 Å². The monoisotopic (exact) mass is 366 g/mol. The minimum atomic E-state index is -0.578. The molecule has 21 heavy (non-hydrogen) atoms. The van der Waals surface area contributed by atoms with Gasteiger partial charge >= 0.3 is 0 Å². The fourth-order valence-electron chi connectivity index (χ4n) is 2.32. The zero-order chi connectivity index (χ0) is 15.0. The van der Waals surface area contributed by atoms with E-state index in [1.807, 2.05) is 29.6 Å². The van der Waals surface area contributed by atoms with Crippen molar-refractivity contribution in [1.82, 2.24) is 9.55 Å². The molecule has 0 radical (unpaired) electrons. The number of aromatic nitrogens is 2. The lowest BCUT2D eigenvalue weighted by atomic mass is 10.1. The molecule has 0 spiro atoms. The number of aryl methyl sites for hydroxylation is 1. The van der Waals surface area contributed by atoms with Gasteiger partial charge in [0.1, 0.15) is 17.3 Å². The van der Waals surface area contributed by atoms with Crippen LogP contribution >= 0.6 is 27.3 Å². The SMILES string of the molecule is Cc1nc2scc(-c3ccc(Br)cc3)c2c(=O)n1CCF. The molecule has 3 nitrogen and oxygen atoms in total. The smallest absolute Gasteiger partial charge is 0.262 e. The number of thiophene rings is 1. The maximum Gasteiger partial charge on any atom is 0.262 e. The summed E-state index contributed by atoms with van der Waals surface area (Å²) in [6, 6.07) is 7.76. The third kappa shape index (κ3) is 2.53. The molecule has 0 aliphatic heterocycles. The molecule has 0 saturated carbocycles. The fourth-order valence-corrected chi connectivity index (χ4v) is 3.56. The van der Waals surface area contributed by atoms with Crippen molar-refractivity contribution < 1.29 is 4.39 Å². The topological polar surface area (TPSA) is 34.9 Å². The van der Waals surface area contributed by atoms with Gasteiger partial charge in [-0.2, -0.15) is 0 Å². The normalized spacial score (nSPS) is 11.2. The molecule has 0 bridgehead atoms. The molecule has 1 aromatic carbocycles. The summed E-state index contributed by atoms with van der Waals surface area (Å²) in [6.07, 6.45) is 0. The van der Waals surface area contributed by atoms with Gasteiger partial charge in [0.15, 0.2) is 0 Å². The van der Waals surface area contributed by atoms with Gasteiger partial charge < -0.3 is 0 Å². The Hall–Kier alpha value is -1.53. The molecule has 3 aromatic rings. The van der Waals surface area contributed by atoms with Crippen molar-refractivity contribution in [3.05, 3.63) is 50.3 Å². The number of hydrogen-bond donors (Lipinski definition) is 0. The molecule has 0 amide bonds. The van der Waals surface area contributed by atoms with Crippen molar-refractivity contribution in [2.75, 3.05) is 6.67 Å². The van der Waals surface area contributed by atoms with Gasteiger partial charge in [0, 0.05) is 15.4 Å². The second-order valence-electron chi connectivity index (χ2n) is 4.64. The molecule has 0 unspecified atom stereocenters. The first kappa shape index (κ1) is 14.4. The molecule has 0 N–H and O–H groups in total. The average molecular weight is 367 g/mol. The number of fused-ring (bicyclic) bond motifs is 1. The van der Waals surface area contributed by atoms with E-state index in [0.29, 0.717) is 16.0 Å². The van der Waals surface area contributed by atoms with Crippen LogP contribution in [-0.2, 0) is 6.54 Å². The second-order valence-corrected chi connectivity index (χ2v) is 6.41. The molecule has 0 aliphatic rings. The molecule has 6 heteroatoms. The van der Waals surface area contributed by atoms with Gasteiger partial charge in [0.25, 0.3) is 5.56 Å². The number of nitrogens with zero attached hydrogens (tertiary/aromatic N) is 2. The Balaban J connectivity index is 2.28. The lowest BCUT2D eigenvalue weighted by molar-refractivity contribution is 0.435. The molecule has 2 heterocycles. The summed E-state index contributed by atoms with van der Waals surface area (Å²) in [4.78, 5) is 17.7. The number of halogens is 2. The van der Waals surface area contributed by atoms with E-state index in [1.165, 1.54) is 15.9 Å². The van der Waals surface area contributed by atoms with E-state index in [9.17, 15) is 9.18 Å². The summed E-state index contributed by atoms with van der Waals surface area (Å²) in [5, 5.41) is 2.50. The lowest BCUT2D eigenvalue weighted by Crippen LogP contribution is -2.24. The summed E-state index contributed by atoms with van der Waals surface area (Å²) in [5.41, 5.74) is 1.64. The first-order valence-electron chi connectivity index (χ1n) is 6.42. The highest BCUT2D eigenvalue weighted by atomic mass is 79.9. The van der Waals surface area contributed by atoms with Crippen LogP contribution in [0.5, 0.6) is 0 Å². The molecule has 3 rings (SSSR count). The van der Waals surface area contributed by atoms with Crippen LogP contribution in [0.15, 0.2) is 38.9 Å². The molecule has 0 saturated heterocycles. The second kappa shape index (κ2) is 5.69. The summed E-state index contributed by atoms with van der Waals surface area (Å²) in [6.45, 7) is 1.20. The highest BCUT2D eigenvalue weighted by molar-refractivity contribution is 9.10. The lowest BCUT2D eigenvalue weighted by Gasteiger charge is -2.07. The van der Waals surface area contributed by atoms with E-state index >= 15 is 0 Å². The Morgan fingerprint density at radius 3 is 2.71 bits per heavy atom. The van der Waals surface area contributed by atoms with Crippen LogP contribution in [0.1, 0.15) is 5.82 Å². The third-order valence-corrected chi connectivity index (χ3v) is 4.75. The van der Waals surface area contributed by atoms with Crippen molar-refractivity contribution in [2.24, 2.45) is 0 Å². The summed E-state index contributed by atoms with van der Waals surface area (Å²) in [5.74, 6) is 0.550. The molecule has 0 fully saturated rings. The Morgan fingerprint density at radius 1 is 1.33 bits per heavy atom. The predicted molar refractivity (Wildman–Crippen MR) is 87.7 cm³/mol. The zero-order valence-electron chi connectivity index (χ0n) is 11.3. The Morgan fingerprint density at radius 2 is 2.05 bits per heavy atom. The Bertz CT molecular complexity index is 854. The van der Waals surface area contributed by atoms with Gasteiger partial charge in [-0.05, 0) is 24.6 Å². The first-order valence-corrected chi connectivity index (χ1v) is 8.09. The predicted octanol–water partition coefficient (Wildman–Crippen LogP) is 4.17. The summed E-state index contributed by atoms with van der Waals surface area (Å²) in [7, 11) is 0. The van der Waals surface area contributed by atoms with E-state index in [4.69, 9.17) is 0 Å². The van der Waals surface area contributed by atoms with Crippen LogP contribution < -0.4 is 5.56 Å². The number of hydrogen-bond acceptors (Lipinski definition) is 3. The van der Waals surface area contributed by atoms with Gasteiger partial charge in [0.05, 0.1) is 11.9 Å². The minimum Gasteiger partial charge on any atom is -0.294 e. The van der Waals surface area contributed by atoms with Crippen LogP contribution in [0.3, 0.4) is 0 Å². The quantitative estimate of drug-likeness (QED) is 0.697. The van der Waals surface area contributed by atoms with Crippen molar-refractivity contribution in [1.29, 1.82) is 0 Å². The zero-order valence-corrected chi connectivity index (χ0v) is 13.7. The van der Waals surface area contributed by atoms with Gasteiger partial charge in [-0.15, -0.1) is 11.3 Å². The van der Waals surface area contributed by atoms with Crippen LogP contribution in [-0.4, -0.2) is 16.2 Å². The van der Waals surface area contributed by atoms with Crippen LogP contribution in [0.4, 0.5) is 4.39 Å². The van der Waals surface area contributed by atoms with E-state index < -0.39 is 6.67 Å². The van der Waals surface area contributed by atoms with Crippen molar-refractivity contribution in [3.63, 3.8) is 0 Å². The molecule has 108 valence electrons. The Labute approximate surface area is 133 Å². The maximum absolute atomic E-state index is 12.6. The highest BCUT2D eigenvalue weighted by Crippen LogP contribution is 2.31. The molecular formula is C15H12BrFN2OS. The van der Waals surface area contributed by atoms with Crippen molar-refractivity contribution in [2.45, 2.75) is 13.5 Å². The standard InChI is InChI=1S/C15H12BrFN2OS/c1-9-18-14-13(15(20)19(9)7-6-17)12(8-21-14)10-2-4-11(16)5-3-10/h2-5,8H,6-7H2,1H3. The third-order valence-electron chi connectivity index (χ3n) is 3.35. The summed E-state index contributed by atoms with van der Waals surface area (Å²) < 4.78 is 15.0. The van der Waals surface area contributed by atoms with Crippen LogP contribution in [0, 0.1) is 6.92 Å². The minimum absolute atomic E-state index is 0.0449. The van der Waals surface area contributed by atoms with Gasteiger partial charge in [-0.3, -0.25) is 9.36 Å². The highest BCUT2D eigenvalue weighted by Gasteiger charge is 2.15. The number of benzene rings is 1. The van der Waals surface area contributed by atoms with Gasteiger partial charge in [0.2, 0.25) is 0 Å².